The number of piperidine rings is 1. The number of primary amides is 1. The highest BCUT2D eigenvalue weighted by Crippen LogP contribution is 2.43. The first kappa shape index (κ1) is 36.5. The molecule has 1 aliphatic carbocycles. The average Bonchev–Trinajstić information content (AvgIpc) is 3.86. The zero-order valence-electron chi connectivity index (χ0n) is 30.3. The van der Waals surface area contributed by atoms with Crippen molar-refractivity contribution in [1.82, 2.24) is 19.7 Å². The first-order valence-electron chi connectivity index (χ1n) is 19.2. The van der Waals surface area contributed by atoms with Gasteiger partial charge in [0.15, 0.2) is 0 Å². The average molecular weight is 682 g/mol. The van der Waals surface area contributed by atoms with Crippen molar-refractivity contribution in [1.29, 1.82) is 0 Å². The van der Waals surface area contributed by atoms with E-state index in [0.717, 1.165) is 88.1 Å². The quantitative estimate of drug-likeness (QED) is 0.144. The van der Waals surface area contributed by atoms with Crippen molar-refractivity contribution in [3.8, 4) is 5.75 Å². The Balaban J connectivity index is 0.876. The maximum Gasteiger partial charge on any atom is 0.232 e. The molecule has 3 heterocycles. The van der Waals surface area contributed by atoms with Crippen LogP contribution < -0.4 is 10.5 Å². The Morgan fingerprint density at radius 3 is 2.20 bits per heavy atom. The number of carbonyl (C=O) groups excluding carboxylic acids is 1. The molecule has 3 aliphatic rings. The summed E-state index contributed by atoms with van der Waals surface area (Å²) in [4.78, 5) is 25.5. The topological polar surface area (TPSA) is 84.2 Å². The van der Waals surface area contributed by atoms with E-state index in [4.69, 9.17) is 15.2 Å². The number of carbonyl (C=O) groups is 1. The number of nitrogens with zero attached hydrogens (tertiary/aromatic N) is 4. The van der Waals surface area contributed by atoms with Gasteiger partial charge in [0.2, 0.25) is 5.91 Å². The van der Waals surface area contributed by atoms with Crippen LogP contribution in [0.5, 0.6) is 5.75 Å². The van der Waals surface area contributed by atoms with Crippen molar-refractivity contribution in [2.45, 2.75) is 75.8 Å². The molecule has 8 heteroatoms. The number of nitrogens with two attached hydrogens (primary N) is 1. The fourth-order valence-electron chi connectivity index (χ4n) is 8.55. The number of hydrogen-bond acceptors (Lipinski definition) is 7. The summed E-state index contributed by atoms with van der Waals surface area (Å²) >= 11 is 0. The van der Waals surface area contributed by atoms with Crippen molar-refractivity contribution < 1.29 is 14.3 Å². The fourth-order valence-corrected chi connectivity index (χ4v) is 8.55. The third-order valence-corrected chi connectivity index (χ3v) is 11.5. The summed E-state index contributed by atoms with van der Waals surface area (Å²) in [7, 11) is 1.75. The van der Waals surface area contributed by atoms with Crippen molar-refractivity contribution in [3.63, 3.8) is 0 Å². The number of rotatable bonds is 20. The van der Waals surface area contributed by atoms with Gasteiger partial charge in [-0.3, -0.25) is 14.7 Å². The minimum atomic E-state index is -0.835. The van der Waals surface area contributed by atoms with Crippen LogP contribution in [0.3, 0.4) is 0 Å². The van der Waals surface area contributed by atoms with E-state index in [1.807, 2.05) is 48.7 Å². The van der Waals surface area contributed by atoms with Crippen molar-refractivity contribution in [3.05, 3.63) is 95.8 Å². The molecule has 2 N–H and O–H groups in total. The molecule has 1 amide bonds. The Morgan fingerprint density at radius 1 is 0.860 bits per heavy atom. The van der Waals surface area contributed by atoms with Crippen molar-refractivity contribution in [2.75, 3.05) is 66.1 Å². The summed E-state index contributed by atoms with van der Waals surface area (Å²) in [5, 5.41) is 0. The first-order valence-corrected chi connectivity index (χ1v) is 19.2. The summed E-state index contributed by atoms with van der Waals surface area (Å²) < 4.78 is 11.7. The number of aromatic nitrogens is 1. The molecule has 1 atom stereocenters. The largest absolute Gasteiger partial charge is 0.496 e. The van der Waals surface area contributed by atoms with Gasteiger partial charge in [0.05, 0.1) is 13.7 Å². The zero-order valence-corrected chi connectivity index (χ0v) is 30.3. The van der Waals surface area contributed by atoms with Gasteiger partial charge in [-0.15, -0.1) is 0 Å². The van der Waals surface area contributed by atoms with Crippen LogP contribution in [0.25, 0.3) is 0 Å². The highest BCUT2D eigenvalue weighted by Gasteiger charge is 2.49. The van der Waals surface area contributed by atoms with Crippen LogP contribution in [0.2, 0.25) is 0 Å². The maximum atomic E-state index is 13.3. The molecule has 0 radical (unpaired) electrons. The molecular formula is C42H59N5O3. The molecule has 2 aromatic carbocycles. The smallest absolute Gasteiger partial charge is 0.232 e. The molecule has 2 saturated heterocycles. The number of unbranched alkanes of at least 4 members (excludes halogenated alkanes) is 3. The SMILES string of the molecule is COc1ccncc1CN1CCC(N(CCCCCCOCCN2CC[C@@H](C(C(N)=O)(c3ccccc3)c3ccccc3)C2)CC2CC2)CC1. The summed E-state index contributed by atoms with van der Waals surface area (Å²) in [6.07, 6.45) is 14.9. The van der Waals surface area contributed by atoms with Crippen LogP contribution in [0.15, 0.2) is 79.1 Å². The maximum absolute atomic E-state index is 13.3. The van der Waals surface area contributed by atoms with Crippen molar-refractivity contribution in [2.24, 2.45) is 17.6 Å². The molecule has 6 rings (SSSR count). The molecule has 0 unspecified atom stereocenters. The standard InChI is InChI=1S/C42H59N5O3/c1-49-40-18-22-44-30-35(40)32-45-25-20-39(21-26-45)47(31-34-16-17-34)23-10-2-3-11-28-50-29-27-46-24-19-38(33-46)42(41(43)48,36-12-6-4-7-13-36)37-14-8-5-9-15-37/h4-9,12-15,18,22,30,34,38-39H,2-3,10-11,16-17,19-21,23-29,31-33H2,1H3,(H2,43,48)/t38-/m1/s1. The summed E-state index contributed by atoms with van der Waals surface area (Å²) in [5.74, 6) is 1.72. The lowest BCUT2D eigenvalue weighted by molar-refractivity contribution is -0.123. The monoisotopic (exact) mass is 681 g/mol. The fraction of sp³-hybridized carbons (Fsp3) is 0.571. The van der Waals surface area contributed by atoms with Crippen LogP contribution in [0, 0.1) is 11.8 Å². The van der Waals surface area contributed by atoms with E-state index in [1.54, 1.807) is 13.3 Å². The zero-order chi connectivity index (χ0) is 34.6. The normalized spacial score (nSPS) is 19.3. The van der Waals surface area contributed by atoms with E-state index in [2.05, 4.69) is 43.9 Å². The van der Waals surface area contributed by atoms with E-state index in [1.165, 1.54) is 63.6 Å². The van der Waals surface area contributed by atoms with Crippen LogP contribution in [0.4, 0.5) is 0 Å². The van der Waals surface area contributed by atoms with E-state index in [9.17, 15) is 4.79 Å². The van der Waals surface area contributed by atoms with Crippen molar-refractivity contribution >= 4 is 5.91 Å². The Morgan fingerprint density at radius 2 is 1.54 bits per heavy atom. The third kappa shape index (κ3) is 9.32. The minimum Gasteiger partial charge on any atom is -0.496 e. The Bertz CT molecular complexity index is 1400. The number of pyridine rings is 1. The number of benzene rings is 2. The molecule has 50 heavy (non-hydrogen) atoms. The lowest BCUT2D eigenvalue weighted by Gasteiger charge is -2.39. The van der Waals surface area contributed by atoms with E-state index in [-0.39, 0.29) is 11.8 Å². The third-order valence-electron chi connectivity index (χ3n) is 11.5. The molecule has 270 valence electrons. The lowest BCUT2D eigenvalue weighted by atomic mass is 9.64. The predicted molar refractivity (Wildman–Crippen MR) is 200 cm³/mol. The molecule has 1 saturated carbocycles. The summed E-state index contributed by atoms with van der Waals surface area (Å²) in [6, 6.07) is 22.9. The molecule has 0 spiro atoms. The number of hydrogen-bond donors (Lipinski definition) is 1. The van der Waals surface area contributed by atoms with Crippen LogP contribution in [-0.2, 0) is 21.5 Å². The molecule has 0 bridgehead atoms. The number of likely N-dealkylation sites (tertiary alicyclic amines) is 2. The minimum absolute atomic E-state index is 0.118. The Labute approximate surface area is 300 Å². The van der Waals surface area contributed by atoms with Gasteiger partial charge in [0, 0.05) is 56.8 Å². The highest BCUT2D eigenvalue weighted by atomic mass is 16.5. The second kappa shape index (κ2) is 18.3. The molecule has 8 nitrogen and oxygen atoms in total. The van der Waals surface area contributed by atoms with E-state index < -0.39 is 5.41 Å². The van der Waals surface area contributed by atoms with Gasteiger partial charge in [-0.25, -0.2) is 0 Å². The Hall–Kier alpha value is -3.30. The number of ether oxygens (including phenoxy) is 2. The van der Waals surface area contributed by atoms with Gasteiger partial charge >= 0.3 is 0 Å². The lowest BCUT2D eigenvalue weighted by Crippen LogP contribution is -2.49. The van der Waals surface area contributed by atoms with E-state index in [0.29, 0.717) is 6.04 Å². The molecule has 1 aromatic heterocycles. The number of amides is 1. The van der Waals surface area contributed by atoms with Gasteiger partial charge in [-0.2, -0.15) is 0 Å². The van der Waals surface area contributed by atoms with Crippen LogP contribution in [0.1, 0.15) is 74.5 Å². The van der Waals surface area contributed by atoms with Gasteiger partial charge < -0.3 is 25.0 Å². The highest BCUT2D eigenvalue weighted by molar-refractivity contribution is 5.91. The van der Waals surface area contributed by atoms with Gasteiger partial charge in [0.25, 0.3) is 0 Å². The molecule has 3 fully saturated rings. The van der Waals surface area contributed by atoms with Crippen LogP contribution in [-0.4, -0.2) is 97.8 Å². The predicted octanol–water partition coefficient (Wildman–Crippen LogP) is 6.14. The number of methoxy groups -OCH3 is 1. The van der Waals surface area contributed by atoms with Gasteiger partial charge in [-0.1, -0.05) is 73.5 Å². The van der Waals surface area contributed by atoms with Gasteiger partial charge in [-0.05, 0) is 100 Å². The Kier molecular flexibility index (Phi) is 13.3. The molecule has 3 aromatic rings. The van der Waals surface area contributed by atoms with E-state index >= 15 is 0 Å². The molecule has 2 aliphatic heterocycles. The summed E-state index contributed by atoms with van der Waals surface area (Å²) in [5.41, 5.74) is 8.60. The summed E-state index contributed by atoms with van der Waals surface area (Å²) in [6.45, 7) is 9.97. The molecular weight excluding hydrogens is 622 g/mol. The van der Waals surface area contributed by atoms with Gasteiger partial charge in [0.1, 0.15) is 11.2 Å². The second-order valence-electron chi connectivity index (χ2n) is 14.9. The second-order valence-corrected chi connectivity index (χ2v) is 14.9. The van der Waals surface area contributed by atoms with Crippen LogP contribution >= 0.6 is 0 Å². The first-order chi connectivity index (χ1) is 24.6.